The maximum atomic E-state index is 12.4. The third-order valence-electron chi connectivity index (χ3n) is 3.59. The number of alkyl halides is 1. The summed E-state index contributed by atoms with van der Waals surface area (Å²) in [7, 11) is 2.89. The summed E-state index contributed by atoms with van der Waals surface area (Å²) in [5.41, 5.74) is 0. The molecule has 2 atom stereocenters. The minimum atomic E-state index is -1.12. The van der Waals surface area contributed by atoms with E-state index in [1.165, 1.54) is 18.9 Å². The van der Waals surface area contributed by atoms with Crippen molar-refractivity contribution < 1.29 is 24.1 Å². The molecule has 0 unspecified atom stereocenters. The number of thioether (sulfide) groups is 1. The van der Waals surface area contributed by atoms with Crippen molar-refractivity contribution in [2.24, 2.45) is 0 Å². The number of hydrogen-bond acceptors (Lipinski definition) is 6. The summed E-state index contributed by atoms with van der Waals surface area (Å²) in [6.45, 7) is 0.00452. The number of ether oxygens (including phenoxy) is 3. The maximum absolute atomic E-state index is 12.4. The summed E-state index contributed by atoms with van der Waals surface area (Å²) in [5.74, 6) is 1.17. The van der Waals surface area contributed by atoms with Gasteiger partial charge in [-0.25, -0.2) is 0 Å². The van der Waals surface area contributed by atoms with Crippen LogP contribution < -0.4 is 9.47 Å². The number of hydrogen-bond donors (Lipinski definition) is 1. The topological polar surface area (TPSA) is 65.0 Å². The molecule has 0 saturated carbocycles. The molecule has 1 aromatic carbocycles. The fourth-order valence-electron chi connectivity index (χ4n) is 2.38. The fraction of sp³-hybridized carbons (Fsp3) is 0.533. The van der Waals surface area contributed by atoms with E-state index in [9.17, 15) is 9.90 Å². The van der Waals surface area contributed by atoms with Crippen LogP contribution in [0, 0.1) is 0 Å². The van der Waals surface area contributed by atoms with Crippen LogP contribution in [0.15, 0.2) is 23.1 Å². The second kappa shape index (κ2) is 7.44. The Hall–Kier alpha value is -1.11. The molecular formula is C15H19ClO5S. The highest BCUT2D eigenvalue weighted by molar-refractivity contribution is 8.01. The number of esters is 1. The fourth-order valence-corrected chi connectivity index (χ4v) is 3.88. The van der Waals surface area contributed by atoms with Crippen LogP contribution >= 0.6 is 23.4 Å². The van der Waals surface area contributed by atoms with Crippen LogP contribution in [0.2, 0.25) is 0 Å². The molecule has 1 N–H and O–H groups in total. The van der Waals surface area contributed by atoms with E-state index < -0.39 is 16.8 Å². The van der Waals surface area contributed by atoms with Crippen molar-refractivity contribution in [3.05, 3.63) is 18.2 Å². The number of carbonyl (C=O) groups is 1. The van der Waals surface area contributed by atoms with E-state index in [4.69, 9.17) is 25.8 Å². The second-order valence-electron chi connectivity index (χ2n) is 4.92. The summed E-state index contributed by atoms with van der Waals surface area (Å²) >= 11 is 7.03. The van der Waals surface area contributed by atoms with E-state index in [1.807, 2.05) is 6.07 Å². The van der Waals surface area contributed by atoms with Crippen LogP contribution in [-0.4, -0.2) is 48.6 Å². The first-order chi connectivity index (χ1) is 10.6. The van der Waals surface area contributed by atoms with Crippen LogP contribution in [0.3, 0.4) is 0 Å². The molecule has 22 heavy (non-hydrogen) atoms. The van der Waals surface area contributed by atoms with Crippen molar-refractivity contribution in [1.29, 1.82) is 0 Å². The highest BCUT2D eigenvalue weighted by Crippen LogP contribution is 2.47. The molecule has 0 aliphatic carbocycles. The highest BCUT2D eigenvalue weighted by Gasteiger charge is 2.49. The third kappa shape index (κ3) is 3.29. The average molecular weight is 347 g/mol. The minimum absolute atomic E-state index is 0.00452. The van der Waals surface area contributed by atoms with Crippen molar-refractivity contribution in [1.82, 2.24) is 0 Å². The molecule has 5 nitrogen and oxygen atoms in total. The van der Waals surface area contributed by atoms with Gasteiger partial charge in [-0.05, 0) is 25.0 Å². The molecule has 0 saturated heterocycles. The minimum Gasteiger partial charge on any atom is -0.497 e. The smallest absolute Gasteiger partial charge is 0.325 e. The lowest BCUT2D eigenvalue weighted by Crippen LogP contribution is -2.49. The Labute approximate surface area is 138 Å². The van der Waals surface area contributed by atoms with Gasteiger partial charge < -0.3 is 19.3 Å². The molecule has 0 radical (unpaired) electrons. The molecule has 1 aliphatic rings. The maximum Gasteiger partial charge on any atom is 0.325 e. The van der Waals surface area contributed by atoms with E-state index >= 15 is 0 Å². The Morgan fingerprint density at radius 2 is 2.32 bits per heavy atom. The molecule has 1 aromatic rings. The number of rotatable bonds is 5. The standard InChI is InChI=1S/C15H19ClO5S/c1-19-10-4-5-12-11(8-10)21-9-13(17)15(22-12,6-3-7-16)14(18)20-2/h4-5,8,13,17H,3,6-7,9H2,1-2H3/t13-,15+/m0/s1. The Balaban J connectivity index is 2.41. The Kier molecular flexibility index (Phi) is 5.83. The number of halogens is 1. The second-order valence-corrected chi connectivity index (χ2v) is 6.67. The zero-order valence-electron chi connectivity index (χ0n) is 12.5. The van der Waals surface area contributed by atoms with E-state index in [0.29, 0.717) is 30.2 Å². The predicted octanol–water partition coefficient (Wildman–Crippen LogP) is 2.47. The first kappa shape index (κ1) is 17.2. The third-order valence-corrected chi connectivity index (χ3v) is 5.42. The lowest BCUT2D eigenvalue weighted by atomic mass is 9.96. The van der Waals surface area contributed by atoms with E-state index in [2.05, 4.69) is 0 Å². The van der Waals surface area contributed by atoms with Gasteiger partial charge in [-0.1, -0.05) is 0 Å². The van der Waals surface area contributed by atoms with Gasteiger partial charge in [0.1, 0.15) is 29.0 Å². The molecule has 122 valence electrons. The van der Waals surface area contributed by atoms with Crippen molar-refractivity contribution in [2.45, 2.75) is 28.6 Å². The summed E-state index contributed by atoms with van der Waals surface area (Å²) in [4.78, 5) is 13.1. The summed E-state index contributed by atoms with van der Waals surface area (Å²) in [6.07, 6.45) is 0.00215. The predicted molar refractivity (Wildman–Crippen MR) is 85.1 cm³/mol. The molecule has 0 fully saturated rings. The van der Waals surface area contributed by atoms with Crippen molar-refractivity contribution in [3.8, 4) is 11.5 Å². The molecule has 7 heteroatoms. The molecule has 1 heterocycles. The zero-order valence-corrected chi connectivity index (χ0v) is 14.1. The van der Waals surface area contributed by atoms with Gasteiger partial charge in [0.05, 0.1) is 19.1 Å². The first-order valence-corrected chi connectivity index (χ1v) is 8.24. The van der Waals surface area contributed by atoms with Crippen molar-refractivity contribution in [2.75, 3.05) is 26.7 Å². The van der Waals surface area contributed by atoms with Crippen molar-refractivity contribution >= 4 is 29.3 Å². The number of methoxy groups -OCH3 is 2. The summed E-state index contributed by atoms with van der Waals surface area (Å²) in [6, 6.07) is 5.34. The molecule has 0 aromatic heterocycles. The summed E-state index contributed by atoms with van der Waals surface area (Å²) in [5, 5.41) is 10.5. The monoisotopic (exact) mass is 346 g/mol. The van der Waals surface area contributed by atoms with Gasteiger partial charge in [0.2, 0.25) is 0 Å². The lowest BCUT2D eigenvalue weighted by Gasteiger charge is -2.32. The van der Waals surface area contributed by atoms with Crippen LogP contribution in [-0.2, 0) is 9.53 Å². The van der Waals surface area contributed by atoms with Crippen LogP contribution in [0.5, 0.6) is 11.5 Å². The molecule has 1 aliphatic heterocycles. The molecule has 0 amide bonds. The number of aliphatic hydroxyl groups excluding tert-OH is 1. The van der Waals surface area contributed by atoms with Crippen LogP contribution in [0.1, 0.15) is 12.8 Å². The van der Waals surface area contributed by atoms with Gasteiger partial charge in [-0.3, -0.25) is 4.79 Å². The molecule has 0 spiro atoms. The highest BCUT2D eigenvalue weighted by atomic mass is 35.5. The average Bonchev–Trinajstić information content (AvgIpc) is 2.69. The Morgan fingerprint density at radius 1 is 1.55 bits per heavy atom. The largest absolute Gasteiger partial charge is 0.497 e. The first-order valence-electron chi connectivity index (χ1n) is 6.89. The number of aliphatic hydroxyl groups is 1. The van der Waals surface area contributed by atoms with E-state index in [1.54, 1.807) is 19.2 Å². The quantitative estimate of drug-likeness (QED) is 0.652. The molecular weight excluding hydrogens is 328 g/mol. The van der Waals surface area contributed by atoms with Gasteiger partial charge in [0, 0.05) is 11.9 Å². The van der Waals surface area contributed by atoms with Gasteiger partial charge in [0.15, 0.2) is 0 Å². The number of benzene rings is 1. The van der Waals surface area contributed by atoms with E-state index in [-0.39, 0.29) is 6.61 Å². The van der Waals surface area contributed by atoms with Crippen molar-refractivity contribution in [3.63, 3.8) is 0 Å². The van der Waals surface area contributed by atoms with Crippen LogP contribution in [0.25, 0.3) is 0 Å². The molecule has 2 rings (SSSR count). The normalized spacial score (nSPS) is 23.9. The van der Waals surface area contributed by atoms with Gasteiger partial charge >= 0.3 is 5.97 Å². The Morgan fingerprint density at radius 3 is 2.95 bits per heavy atom. The van der Waals surface area contributed by atoms with Gasteiger partial charge in [-0.15, -0.1) is 23.4 Å². The number of fused-ring (bicyclic) bond motifs is 1. The van der Waals surface area contributed by atoms with Crippen LogP contribution in [0.4, 0.5) is 0 Å². The number of carbonyl (C=O) groups excluding carboxylic acids is 1. The zero-order chi connectivity index (χ0) is 16.2. The van der Waals surface area contributed by atoms with E-state index in [0.717, 1.165) is 4.90 Å². The van der Waals surface area contributed by atoms with Gasteiger partial charge in [-0.2, -0.15) is 0 Å². The summed E-state index contributed by atoms with van der Waals surface area (Å²) < 4.78 is 14.6. The Bertz CT molecular complexity index is 539. The SMILES string of the molecule is COC(=O)[C@]1(CCCCl)Sc2ccc(OC)cc2OC[C@@H]1O. The molecule has 0 bridgehead atoms. The van der Waals surface area contributed by atoms with Gasteiger partial charge in [0.25, 0.3) is 0 Å². The lowest BCUT2D eigenvalue weighted by molar-refractivity contribution is -0.147.